The molecule has 2 heterocycles. The van der Waals surface area contributed by atoms with E-state index >= 15 is 0 Å². The highest BCUT2D eigenvalue weighted by Crippen LogP contribution is 2.26. The quantitative estimate of drug-likeness (QED) is 0.647. The highest BCUT2D eigenvalue weighted by Gasteiger charge is 2.19. The summed E-state index contributed by atoms with van der Waals surface area (Å²) in [5.41, 5.74) is 1.71. The summed E-state index contributed by atoms with van der Waals surface area (Å²) in [7, 11) is 0. The summed E-state index contributed by atoms with van der Waals surface area (Å²) in [4.78, 5) is 30.3. The Bertz CT molecular complexity index is 778. The molecular formula is C17H17ClN4O3. The van der Waals surface area contributed by atoms with Crippen molar-refractivity contribution in [2.75, 3.05) is 41.8 Å². The number of hydrogen-bond acceptors (Lipinski definition) is 5. The lowest BCUT2D eigenvalue weighted by molar-refractivity contribution is -0.132. The van der Waals surface area contributed by atoms with E-state index in [1.54, 1.807) is 24.3 Å². The maximum absolute atomic E-state index is 12.2. The molecule has 2 amide bonds. The van der Waals surface area contributed by atoms with Gasteiger partial charge in [-0.3, -0.25) is 9.59 Å². The maximum atomic E-state index is 12.2. The number of carbonyl (C=O) groups is 2. The summed E-state index contributed by atoms with van der Waals surface area (Å²) in [5, 5.41) is 5.22. The number of pyridine rings is 1. The lowest BCUT2D eigenvalue weighted by Gasteiger charge is -2.30. The van der Waals surface area contributed by atoms with Gasteiger partial charge in [-0.2, -0.15) is 0 Å². The van der Waals surface area contributed by atoms with Crippen molar-refractivity contribution >= 4 is 40.5 Å². The van der Waals surface area contributed by atoms with Crippen LogP contribution in [0.15, 0.2) is 42.6 Å². The molecule has 1 saturated heterocycles. The lowest BCUT2D eigenvalue weighted by Crippen LogP contribution is -2.37. The number of hydrogen-bond donors (Lipinski definition) is 2. The number of carbonyl (C=O) groups excluding carboxylic acids is 2. The Balaban J connectivity index is 1.70. The van der Waals surface area contributed by atoms with Crippen LogP contribution < -0.4 is 15.5 Å². The molecule has 0 atom stereocenters. The molecule has 1 fully saturated rings. The third-order valence-corrected chi connectivity index (χ3v) is 4.02. The van der Waals surface area contributed by atoms with Gasteiger partial charge in [-0.1, -0.05) is 23.7 Å². The van der Waals surface area contributed by atoms with Crippen molar-refractivity contribution in [2.45, 2.75) is 0 Å². The van der Waals surface area contributed by atoms with Gasteiger partial charge in [0.2, 0.25) is 0 Å². The molecule has 0 saturated carbocycles. The number of nitrogens with zero attached hydrogens (tertiary/aromatic N) is 2. The fourth-order valence-corrected chi connectivity index (χ4v) is 2.66. The number of amides is 2. The molecule has 2 N–H and O–H groups in total. The number of para-hydroxylation sites is 2. The number of anilines is 3. The topological polar surface area (TPSA) is 83.6 Å². The second kappa shape index (κ2) is 7.96. The van der Waals surface area contributed by atoms with Gasteiger partial charge in [0, 0.05) is 19.3 Å². The monoisotopic (exact) mass is 360 g/mol. The summed E-state index contributed by atoms with van der Waals surface area (Å²) in [6.45, 7) is 2.71. The van der Waals surface area contributed by atoms with E-state index in [1.807, 2.05) is 12.1 Å². The Hall–Kier alpha value is -2.64. The van der Waals surface area contributed by atoms with Gasteiger partial charge in [-0.25, -0.2) is 4.98 Å². The van der Waals surface area contributed by atoms with E-state index in [0.29, 0.717) is 18.9 Å². The predicted molar refractivity (Wildman–Crippen MR) is 96.0 cm³/mol. The molecule has 0 unspecified atom stereocenters. The highest BCUT2D eigenvalue weighted by atomic mass is 35.5. The molecule has 0 bridgehead atoms. The van der Waals surface area contributed by atoms with Gasteiger partial charge in [0.05, 0.1) is 30.3 Å². The van der Waals surface area contributed by atoms with Crippen LogP contribution in [0.5, 0.6) is 0 Å². The van der Waals surface area contributed by atoms with Crippen molar-refractivity contribution in [1.29, 1.82) is 0 Å². The highest BCUT2D eigenvalue weighted by molar-refractivity contribution is 6.44. The van der Waals surface area contributed by atoms with Gasteiger partial charge in [0.15, 0.2) is 5.15 Å². The molecular weight excluding hydrogens is 344 g/mol. The van der Waals surface area contributed by atoms with Crippen molar-refractivity contribution in [3.8, 4) is 0 Å². The molecule has 0 aliphatic carbocycles. The summed E-state index contributed by atoms with van der Waals surface area (Å²) >= 11 is 5.88. The van der Waals surface area contributed by atoms with Gasteiger partial charge < -0.3 is 20.3 Å². The summed E-state index contributed by atoms with van der Waals surface area (Å²) in [6.07, 6.45) is 1.50. The zero-order valence-corrected chi connectivity index (χ0v) is 14.1. The first kappa shape index (κ1) is 17.2. The van der Waals surface area contributed by atoms with E-state index in [2.05, 4.69) is 20.5 Å². The molecule has 7 nitrogen and oxygen atoms in total. The minimum absolute atomic E-state index is 0.123. The number of morpholine rings is 1. The van der Waals surface area contributed by atoms with Crippen LogP contribution in [0.4, 0.5) is 17.1 Å². The molecule has 8 heteroatoms. The molecule has 1 aromatic carbocycles. The normalized spacial score (nSPS) is 14.0. The second-order valence-corrected chi connectivity index (χ2v) is 5.72. The largest absolute Gasteiger partial charge is 0.378 e. The molecule has 0 radical (unpaired) electrons. The third-order valence-electron chi connectivity index (χ3n) is 3.72. The first-order valence-electron chi connectivity index (χ1n) is 7.80. The molecule has 25 heavy (non-hydrogen) atoms. The number of aromatic nitrogens is 1. The zero-order chi connectivity index (χ0) is 17.6. The van der Waals surface area contributed by atoms with Crippen LogP contribution >= 0.6 is 11.6 Å². The number of nitrogens with one attached hydrogen (secondary N) is 2. The maximum Gasteiger partial charge on any atom is 0.314 e. The first-order valence-corrected chi connectivity index (χ1v) is 8.17. The van der Waals surface area contributed by atoms with Crippen LogP contribution in [0.3, 0.4) is 0 Å². The zero-order valence-electron chi connectivity index (χ0n) is 13.4. The Morgan fingerprint density at radius 3 is 2.36 bits per heavy atom. The Morgan fingerprint density at radius 1 is 1.00 bits per heavy atom. The van der Waals surface area contributed by atoms with Crippen LogP contribution in [-0.4, -0.2) is 43.1 Å². The van der Waals surface area contributed by atoms with E-state index in [4.69, 9.17) is 16.3 Å². The number of halogens is 1. The Morgan fingerprint density at radius 2 is 1.64 bits per heavy atom. The van der Waals surface area contributed by atoms with Gasteiger partial charge in [-0.05, 0) is 24.3 Å². The fourth-order valence-electron chi connectivity index (χ4n) is 2.50. The van der Waals surface area contributed by atoms with E-state index in [0.717, 1.165) is 18.8 Å². The Labute approximate surface area is 149 Å². The predicted octanol–water partition coefficient (Wildman–Crippen LogP) is 2.15. The Kier molecular flexibility index (Phi) is 5.47. The van der Waals surface area contributed by atoms with E-state index in [-0.39, 0.29) is 10.8 Å². The molecule has 1 aliphatic rings. The minimum Gasteiger partial charge on any atom is -0.378 e. The summed E-state index contributed by atoms with van der Waals surface area (Å²) in [5.74, 6) is -1.59. The van der Waals surface area contributed by atoms with Crippen molar-refractivity contribution in [2.24, 2.45) is 0 Å². The van der Waals surface area contributed by atoms with E-state index in [9.17, 15) is 9.59 Å². The first-order chi connectivity index (χ1) is 12.1. The average Bonchev–Trinajstić information content (AvgIpc) is 2.64. The molecule has 3 rings (SSSR count). The number of ether oxygens (including phenoxy) is 1. The molecule has 1 aliphatic heterocycles. The fraction of sp³-hybridized carbons (Fsp3) is 0.235. The van der Waals surface area contributed by atoms with Gasteiger partial charge in [0.1, 0.15) is 0 Å². The number of rotatable bonds is 3. The van der Waals surface area contributed by atoms with Gasteiger partial charge in [0.25, 0.3) is 0 Å². The van der Waals surface area contributed by atoms with Crippen molar-refractivity contribution in [3.63, 3.8) is 0 Å². The van der Waals surface area contributed by atoms with Crippen molar-refractivity contribution in [1.82, 2.24) is 4.98 Å². The summed E-state index contributed by atoms with van der Waals surface area (Å²) < 4.78 is 5.35. The third kappa shape index (κ3) is 4.26. The van der Waals surface area contributed by atoms with Crippen molar-refractivity contribution in [3.05, 3.63) is 47.7 Å². The number of benzene rings is 1. The second-order valence-electron chi connectivity index (χ2n) is 5.37. The smallest absolute Gasteiger partial charge is 0.314 e. The SMILES string of the molecule is O=C(Nc1ccccc1N1CCOCC1)C(=O)Nc1cccnc1Cl. The van der Waals surface area contributed by atoms with E-state index in [1.165, 1.54) is 6.20 Å². The molecule has 130 valence electrons. The van der Waals surface area contributed by atoms with Crippen LogP contribution in [0, 0.1) is 0 Å². The van der Waals surface area contributed by atoms with Crippen LogP contribution in [0.1, 0.15) is 0 Å². The lowest BCUT2D eigenvalue weighted by atomic mass is 10.2. The van der Waals surface area contributed by atoms with Gasteiger partial charge in [-0.15, -0.1) is 0 Å². The summed E-state index contributed by atoms with van der Waals surface area (Å²) in [6, 6.07) is 10.5. The minimum atomic E-state index is -0.813. The standard InChI is InChI=1S/C17H17ClN4O3/c18-15-13(5-3-7-19-15)21-17(24)16(23)20-12-4-1-2-6-14(12)22-8-10-25-11-9-22/h1-7H,8-11H2,(H,20,23)(H,21,24). The van der Waals surface area contributed by atoms with Crippen LogP contribution in [-0.2, 0) is 14.3 Å². The molecule has 1 aromatic heterocycles. The molecule has 0 spiro atoms. The van der Waals surface area contributed by atoms with E-state index < -0.39 is 11.8 Å². The van der Waals surface area contributed by atoms with Crippen LogP contribution in [0.25, 0.3) is 0 Å². The van der Waals surface area contributed by atoms with Crippen LogP contribution in [0.2, 0.25) is 5.15 Å². The average molecular weight is 361 g/mol. The molecule has 2 aromatic rings. The van der Waals surface area contributed by atoms with Gasteiger partial charge >= 0.3 is 11.8 Å². The van der Waals surface area contributed by atoms with Crippen molar-refractivity contribution < 1.29 is 14.3 Å².